The maximum atomic E-state index is 14.1. The molecule has 0 saturated carbocycles. The Morgan fingerprint density at radius 3 is 2.85 bits per heavy atom. The highest BCUT2D eigenvalue weighted by Gasteiger charge is 2.23. The summed E-state index contributed by atoms with van der Waals surface area (Å²) >= 11 is 2.77. The molecule has 1 aromatic carbocycles. The van der Waals surface area contributed by atoms with Gasteiger partial charge in [-0.15, -0.1) is 11.3 Å². The summed E-state index contributed by atoms with van der Waals surface area (Å²) in [7, 11) is 0. The van der Waals surface area contributed by atoms with E-state index in [1.54, 1.807) is 11.0 Å². The minimum Gasteiger partial charge on any atom is -0.379 e. The number of halogens is 1. The molecule has 1 saturated heterocycles. The molecule has 0 atom stereocenters. The number of aromatic nitrogens is 1. The summed E-state index contributed by atoms with van der Waals surface area (Å²) in [5.74, 6) is -0.432. The number of para-hydroxylation sites is 1. The minimum absolute atomic E-state index is 0.0774. The Bertz CT molecular complexity index is 907. The fourth-order valence-electron chi connectivity index (χ4n) is 3.11. The van der Waals surface area contributed by atoms with Crippen molar-refractivity contribution in [1.82, 2.24) is 9.88 Å². The second-order valence-corrected chi connectivity index (χ2v) is 8.28. The fraction of sp³-hybridized carbons (Fsp3) is 0.368. The fourth-order valence-corrected chi connectivity index (χ4v) is 4.79. The van der Waals surface area contributed by atoms with Gasteiger partial charge in [-0.05, 0) is 30.0 Å². The molecule has 1 aliphatic heterocycles. The number of thiophene rings is 1. The van der Waals surface area contributed by atoms with Crippen molar-refractivity contribution in [2.75, 3.05) is 44.3 Å². The molecule has 0 N–H and O–H groups in total. The van der Waals surface area contributed by atoms with Crippen molar-refractivity contribution in [2.24, 2.45) is 0 Å². The molecule has 27 heavy (non-hydrogen) atoms. The summed E-state index contributed by atoms with van der Waals surface area (Å²) in [5.41, 5.74) is 0.328. The number of morpholine rings is 1. The Morgan fingerprint density at radius 2 is 2.11 bits per heavy atom. The van der Waals surface area contributed by atoms with Gasteiger partial charge in [0.1, 0.15) is 11.3 Å². The van der Waals surface area contributed by atoms with Gasteiger partial charge in [-0.1, -0.05) is 23.5 Å². The molecule has 4 rings (SSSR count). The van der Waals surface area contributed by atoms with Gasteiger partial charge in [0.25, 0.3) is 5.91 Å². The first-order valence-corrected chi connectivity index (χ1v) is 10.6. The van der Waals surface area contributed by atoms with Crippen LogP contribution in [0.1, 0.15) is 16.1 Å². The zero-order valence-corrected chi connectivity index (χ0v) is 16.4. The minimum atomic E-state index is -0.355. The molecular formula is C19H20FN3O2S2. The van der Waals surface area contributed by atoms with Crippen LogP contribution < -0.4 is 4.90 Å². The number of nitrogens with zero attached hydrogens (tertiary/aromatic N) is 3. The van der Waals surface area contributed by atoms with Crippen LogP contribution in [0.25, 0.3) is 10.2 Å². The van der Waals surface area contributed by atoms with Gasteiger partial charge in [0.15, 0.2) is 5.13 Å². The number of carbonyl (C=O) groups excluding carboxylic acids is 1. The number of carbonyl (C=O) groups is 1. The summed E-state index contributed by atoms with van der Waals surface area (Å²) in [4.78, 5) is 22.2. The number of rotatable bonds is 6. The van der Waals surface area contributed by atoms with Crippen LogP contribution in [0.3, 0.4) is 0 Å². The van der Waals surface area contributed by atoms with E-state index in [0.717, 1.165) is 44.0 Å². The SMILES string of the molecule is O=C(c1cccs1)N(CCCN1CCOCC1)c1nc2c(F)cccc2s1. The van der Waals surface area contributed by atoms with Crippen molar-refractivity contribution in [1.29, 1.82) is 0 Å². The molecule has 0 bridgehead atoms. The second-order valence-electron chi connectivity index (χ2n) is 6.32. The van der Waals surface area contributed by atoms with Crippen LogP contribution in [-0.2, 0) is 4.74 Å². The van der Waals surface area contributed by atoms with Crippen molar-refractivity contribution < 1.29 is 13.9 Å². The van der Waals surface area contributed by atoms with Crippen molar-refractivity contribution >= 4 is 43.9 Å². The predicted octanol–water partition coefficient (Wildman–Crippen LogP) is 3.87. The number of thiazole rings is 1. The van der Waals surface area contributed by atoms with Crippen LogP contribution in [0, 0.1) is 5.82 Å². The molecule has 0 unspecified atom stereocenters. The Hall–Kier alpha value is -1.87. The number of amides is 1. The lowest BCUT2D eigenvalue weighted by Crippen LogP contribution is -2.39. The summed E-state index contributed by atoms with van der Waals surface area (Å²) in [6, 6.07) is 8.58. The zero-order chi connectivity index (χ0) is 18.6. The lowest BCUT2D eigenvalue weighted by Gasteiger charge is -2.27. The highest BCUT2D eigenvalue weighted by molar-refractivity contribution is 7.22. The van der Waals surface area contributed by atoms with Crippen LogP contribution in [0.4, 0.5) is 9.52 Å². The maximum absolute atomic E-state index is 14.1. The smallest absolute Gasteiger partial charge is 0.270 e. The van der Waals surface area contributed by atoms with Gasteiger partial charge in [-0.2, -0.15) is 0 Å². The summed E-state index contributed by atoms with van der Waals surface area (Å²) in [6.45, 7) is 4.81. The van der Waals surface area contributed by atoms with Gasteiger partial charge in [-0.3, -0.25) is 14.6 Å². The molecule has 1 aliphatic rings. The molecule has 0 radical (unpaired) electrons. The van der Waals surface area contributed by atoms with Gasteiger partial charge >= 0.3 is 0 Å². The van der Waals surface area contributed by atoms with Crippen LogP contribution in [0.15, 0.2) is 35.7 Å². The predicted molar refractivity (Wildman–Crippen MR) is 107 cm³/mol. The number of anilines is 1. The van der Waals surface area contributed by atoms with Crippen LogP contribution in [0.2, 0.25) is 0 Å². The third kappa shape index (κ3) is 4.19. The van der Waals surface area contributed by atoms with E-state index in [4.69, 9.17) is 4.74 Å². The topological polar surface area (TPSA) is 45.7 Å². The van der Waals surface area contributed by atoms with Crippen molar-refractivity contribution in [2.45, 2.75) is 6.42 Å². The average molecular weight is 406 g/mol. The Labute approximate surface area is 165 Å². The Morgan fingerprint density at radius 1 is 1.26 bits per heavy atom. The average Bonchev–Trinajstić information content (AvgIpc) is 3.36. The molecule has 1 fully saturated rings. The number of benzene rings is 1. The van der Waals surface area contributed by atoms with Gasteiger partial charge in [0.2, 0.25) is 0 Å². The van der Waals surface area contributed by atoms with Crippen LogP contribution in [-0.4, -0.2) is 55.2 Å². The van der Waals surface area contributed by atoms with Gasteiger partial charge in [0.05, 0.1) is 22.8 Å². The maximum Gasteiger partial charge on any atom is 0.270 e. The normalized spacial score (nSPS) is 15.3. The van der Waals surface area contributed by atoms with E-state index < -0.39 is 0 Å². The molecular weight excluding hydrogens is 385 g/mol. The van der Waals surface area contributed by atoms with E-state index in [1.165, 1.54) is 28.7 Å². The lowest BCUT2D eigenvalue weighted by atomic mass is 10.3. The van der Waals surface area contributed by atoms with E-state index in [1.807, 2.05) is 23.6 Å². The monoisotopic (exact) mass is 405 g/mol. The lowest BCUT2D eigenvalue weighted by molar-refractivity contribution is 0.0376. The molecule has 142 valence electrons. The third-order valence-electron chi connectivity index (χ3n) is 4.53. The van der Waals surface area contributed by atoms with Crippen LogP contribution >= 0.6 is 22.7 Å². The molecule has 5 nitrogen and oxygen atoms in total. The first-order valence-electron chi connectivity index (χ1n) is 8.93. The first kappa shape index (κ1) is 18.5. The van der Waals surface area contributed by atoms with Crippen molar-refractivity contribution in [3.05, 3.63) is 46.4 Å². The molecule has 3 aromatic rings. The van der Waals surface area contributed by atoms with Gasteiger partial charge in [-0.25, -0.2) is 9.37 Å². The summed E-state index contributed by atoms with van der Waals surface area (Å²) < 4.78 is 20.2. The quantitative estimate of drug-likeness (QED) is 0.625. The molecule has 2 aromatic heterocycles. The highest BCUT2D eigenvalue weighted by Crippen LogP contribution is 2.31. The van der Waals surface area contributed by atoms with E-state index in [-0.39, 0.29) is 11.7 Å². The number of hydrogen-bond donors (Lipinski definition) is 0. The first-order chi connectivity index (χ1) is 13.2. The van der Waals surface area contributed by atoms with E-state index >= 15 is 0 Å². The largest absolute Gasteiger partial charge is 0.379 e. The standard InChI is InChI=1S/C19H20FN3O2S2/c20-14-4-1-5-15-17(14)21-19(27-15)23(18(24)16-6-2-13-26-16)8-3-7-22-9-11-25-12-10-22/h1-2,4-6,13H,3,7-12H2. The van der Waals surface area contributed by atoms with E-state index in [2.05, 4.69) is 9.88 Å². The second kappa shape index (κ2) is 8.43. The van der Waals surface area contributed by atoms with Crippen molar-refractivity contribution in [3.63, 3.8) is 0 Å². The summed E-state index contributed by atoms with van der Waals surface area (Å²) in [6.07, 6.45) is 0.829. The van der Waals surface area contributed by atoms with Crippen molar-refractivity contribution in [3.8, 4) is 0 Å². The number of fused-ring (bicyclic) bond motifs is 1. The van der Waals surface area contributed by atoms with E-state index in [0.29, 0.717) is 22.1 Å². The van der Waals surface area contributed by atoms with Crippen LogP contribution in [0.5, 0.6) is 0 Å². The van der Waals surface area contributed by atoms with Gasteiger partial charge < -0.3 is 4.74 Å². The van der Waals surface area contributed by atoms with Gasteiger partial charge in [0, 0.05) is 26.2 Å². The Balaban J connectivity index is 1.55. The number of ether oxygens (including phenoxy) is 1. The summed E-state index contributed by atoms with van der Waals surface area (Å²) in [5, 5.41) is 2.44. The number of hydrogen-bond acceptors (Lipinski definition) is 6. The molecule has 3 heterocycles. The zero-order valence-electron chi connectivity index (χ0n) is 14.8. The third-order valence-corrected chi connectivity index (χ3v) is 6.43. The van der Waals surface area contributed by atoms with E-state index in [9.17, 15) is 9.18 Å². The molecule has 1 amide bonds. The molecule has 8 heteroatoms. The molecule has 0 spiro atoms. The highest BCUT2D eigenvalue weighted by atomic mass is 32.1. The Kier molecular flexibility index (Phi) is 5.77. The molecule has 0 aliphatic carbocycles.